The molecule has 1 amide bonds. The molecule has 2 aromatic rings. The maximum atomic E-state index is 12.7. The fraction of sp³-hybridized carbons (Fsp3) is 0.500. The minimum absolute atomic E-state index is 0.0303. The number of likely N-dealkylation sites (tertiary alicyclic amines) is 1. The van der Waals surface area contributed by atoms with Gasteiger partial charge in [-0.05, 0) is 24.8 Å². The van der Waals surface area contributed by atoms with Gasteiger partial charge in [0.25, 0.3) is 0 Å². The monoisotopic (exact) mass is 338 g/mol. The number of amides is 1. The lowest BCUT2D eigenvalue weighted by atomic mass is 10.0. The van der Waals surface area contributed by atoms with Gasteiger partial charge >= 0.3 is 0 Å². The van der Waals surface area contributed by atoms with E-state index in [-0.39, 0.29) is 12.0 Å². The molecule has 1 saturated carbocycles. The van der Waals surface area contributed by atoms with Crippen LogP contribution in [0.25, 0.3) is 0 Å². The quantitative estimate of drug-likeness (QED) is 0.881. The van der Waals surface area contributed by atoms with Crippen LogP contribution >= 0.6 is 0 Å². The first-order chi connectivity index (χ1) is 12.3. The summed E-state index contributed by atoms with van der Waals surface area (Å²) in [6, 6.07) is 10.7. The second-order valence-electron chi connectivity index (χ2n) is 7.24. The highest BCUT2D eigenvalue weighted by atomic mass is 16.2. The van der Waals surface area contributed by atoms with Crippen LogP contribution < -0.4 is 5.32 Å². The normalized spacial score (nSPS) is 22.4. The molecule has 2 N–H and O–H groups in total. The number of imidazole rings is 1. The molecule has 0 spiro atoms. The van der Waals surface area contributed by atoms with Gasteiger partial charge in [-0.2, -0.15) is 0 Å². The van der Waals surface area contributed by atoms with Gasteiger partial charge in [0.05, 0.1) is 6.04 Å². The van der Waals surface area contributed by atoms with E-state index in [1.165, 1.54) is 18.4 Å². The molecule has 4 rings (SSSR count). The Balaban J connectivity index is 1.43. The maximum Gasteiger partial charge on any atom is 0.225 e. The van der Waals surface area contributed by atoms with Crippen molar-refractivity contribution in [1.29, 1.82) is 0 Å². The highest BCUT2D eigenvalue weighted by Gasteiger charge is 2.33. The number of nitrogens with one attached hydrogen (secondary N) is 2. The number of hydrogen-bond acceptors (Lipinski definition) is 3. The molecule has 25 heavy (non-hydrogen) atoms. The topological polar surface area (TPSA) is 61.0 Å². The number of benzene rings is 1. The number of rotatable bonds is 5. The third-order valence-corrected chi connectivity index (χ3v) is 5.53. The zero-order valence-corrected chi connectivity index (χ0v) is 14.5. The lowest BCUT2D eigenvalue weighted by Crippen LogP contribution is -2.39. The number of carbonyl (C=O) groups excluding carboxylic acids is 1. The molecule has 0 radical (unpaired) electrons. The Labute approximate surface area is 148 Å². The number of nitrogens with zero attached hydrogens (tertiary/aromatic N) is 2. The minimum Gasteiger partial charge on any atom is -0.347 e. The Morgan fingerprint density at radius 3 is 2.72 bits per heavy atom. The third-order valence-electron chi connectivity index (χ3n) is 5.53. The van der Waals surface area contributed by atoms with E-state index in [0.29, 0.717) is 11.9 Å². The maximum absolute atomic E-state index is 12.7. The van der Waals surface area contributed by atoms with Crippen LogP contribution in [-0.4, -0.2) is 39.9 Å². The highest BCUT2D eigenvalue weighted by molar-refractivity contribution is 5.79. The SMILES string of the molecule is O=C(C1CCCC1)N1CC[C@@H](N[C@H](c2ccccc2)c2ncc[nH]2)C1. The van der Waals surface area contributed by atoms with Gasteiger partial charge in [0, 0.05) is 37.4 Å². The Bertz CT molecular complexity index is 679. The molecule has 1 aliphatic carbocycles. The predicted octanol–water partition coefficient (Wildman–Crippen LogP) is 2.88. The summed E-state index contributed by atoms with van der Waals surface area (Å²) in [6.07, 6.45) is 9.22. The lowest BCUT2D eigenvalue weighted by molar-refractivity contribution is -0.134. The molecule has 2 aliphatic rings. The van der Waals surface area contributed by atoms with Crippen LogP contribution in [0, 0.1) is 5.92 Å². The Hall–Kier alpha value is -2.14. The van der Waals surface area contributed by atoms with Crippen molar-refractivity contribution in [3.8, 4) is 0 Å². The van der Waals surface area contributed by atoms with Gasteiger partial charge < -0.3 is 9.88 Å². The van der Waals surface area contributed by atoms with Crippen molar-refractivity contribution >= 4 is 5.91 Å². The van der Waals surface area contributed by atoms with E-state index < -0.39 is 0 Å². The van der Waals surface area contributed by atoms with Crippen molar-refractivity contribution in [3.63, 3.8) is 0 Å². The zero-order valence-electron chi connectivity index (χ0n) is 14.5. The van der Waals surface area contributed by atoms with Crippen molar-refractivity contribution < 1.29 is 4.79 Å². The van der Waals surface area contributed by atoms with Crippen LogP contribution in [-0.2, 0) is 4.79 Å². The van der Waals surface area contributed by atoms with E-state index in [1.807, 2.05) is 12.3 Å². The summed E-state index contributed by atoms with van der Waals surface area (Å²) in [6.45, 7) is 1.67. The molecule has 1 saturated heterocycles. The van der Waals surface area contributed by atoms with E-state index >= 15 is 0 Å². The van der Waals surface area contributed by atoms with Crippen molar-refractivity contribution in [1.82, 2.24) is 20.2 Å². The van der Waals surface area contributed by atoms with Crippen LogP contribution in [0.2, 0.25) is 0 Å². The van der Waals surface area contributed by atoms with Gasteiger partial charge in [0.1, 0.15) is 5.82 Å². The second-order valence-corrected chi connectivity index (χ2v) is 7.24. The predicted molar refractivity (Wildman–Crippen MR) is 97.0 cm³/mol. The average molecular weight is 338 g/mol. The molecule has 0 bridgehead atoms. The summed E-state index contributed by atoms with van der Waals surface area (Å²) in [7, 11) is 0. The van der Waals surface area contributed by atoms with Gasteiger partial charge in [-0.25, -0.2) is 4.98 Å². The summed E-state index contributed by atoms with van der Waals surface area (Å²) in [4.78, 5) is 22.4. The van der Waals surface area contributed by atoms with Crippen molar-refractivity contribution in [3.05, 3.63) is 54.1 Å². The number of carbonyl (C=O) groups is 1. The molecule has 1 aliphatic heterocycles. The van der Waals surface area contributed by atoms with E-state index in [9.17, 15) is 4.79 Å². The Morgan fingerprint density at radius 1 is 1.20 bits per heavy atom. The molecule has 2 atom stereocenters. The molecule has 0 unspecified atom stereocenters. The number of aromatic amines is 1. The lowest BCUT2D eigenvalue weighted by Gasteiger charge is -2.24. The summed E-state index contributed by atoms with van der Waals surface area (Å²) in [5.74, 6) is 1.57. The minimum atomic E-state index is 0.0303. The largest absolute Gasteiger partial charge is 0.347 e. The number of hydrogen-bond donors (Lipinski definition) is 2. The smallest absolute Gasteiger partial charge is 0.225 e. The summed E-state index contributed by atoms with van der Waals surface area (Å²) < 4.78 is 0. The summed E-state index contributed by atoms with van der Waals surface area (Å²) in [5, 5.41) is 3.72. The van der Waals surface area contributed by atoms with Crippen molar-refractivity contribution in [2.45, 2.75) is 44.2 Å². The van der Waals surface area contributed by atoms with E-state index in [2.05, 4.69) is 44.5 Å². The van der Waals surface area contributed by atoms with Crippen LogP contribution in [0.4, 0.5) is 0 Å². The molecular formula is C20H26N4O. The number of aromatic nitrogens is 2. The standard InChI is InChI=1S/C20H26N4O/c25-20(16-8-4-5-9-16)24-13-10-17(14-24)23-18(19-21-11-12-22-19)15-6-2-1-3-7-15/h1-3,6-7,11-12,16-18,23H,4-5,8-10,13-14H2,(H,21,22)/t17-,18-/m1/s1. The average Bonchev–Trinajstić information content (AvgIpc) is 3.42. The molecule has 5 nitrogen and oxygen atoms in total. The molecule has 1 aromatic heterocycles. The molecule has 2 fully saturated rings. The molecule has 5 heteroatoms. The van der Waals surface area contributed by atoms with Crippen LogP contribution in [0.5, 0.6) is 0 Å². The van der Waals surface area contributed by atoms with Gasteiger partial charge in [-0.15, -0.1) is 0 Å². The fourth-order valence-electron chi connectivity index (χ4n) is 4.18. The molecule has 2 heterocycles. The van der Waals surface area contributed by atoms with E-state index in [4.69, 9.17) is 0 Å². The third kappa shape index (κ3) is 3.61. The zero-order chi connectivity index (χ0) is 17.1. The summed E-state index contributed by atoms with van der Waals surface area (Å²) in [5.41, 5.74) is 1.19. The first-order valence-corrected chi connectivity index (χ1v) is 9.40. The van der Waals surface area contributed by atoms with Crippen LogP contribution in [0.15, 0.2) is 42.7 Å². The Kier molecular flexibility index (Phi) is 4.83. The highest BCUT2D eigenvalue weighted by Crippen LogP contribution is 2.28. The number of H-pyrrole nitrogens is 1. The first-order valence-electron chi connectivity index (χ1n) is 9.40. The molecular weight excluding hydrogens is 312 g/mol. The van der Waals surface area contributed by atoms with Crippen molar-refractivity contribution in [2.75, 3.05) is 13.1 Å². The van der Waals surface area contributed by atoms with Gasteiger partial charge in [0.2, 0.25) is 5.91 Å². The van der Waals surface area contributed by atoms with E-state index in [1.54, 1.807) is 6.20 Å². The fourth-order valence-corrected chi connectivity index (χ4v) is 4.18. The summed E-state index contributed by atoms with van der Waals surface area (Å²) >= 11 is 0. The molecule has 132 valence electrons. The first kappa shape index (κ1) is 16.3. The van der Waals surface area contributed by atoms with Crippen LogP contribution in [0.3, 0.4) is 0 Å². The van der Waals surface area contributed by atoms with Gasteiger partial charge in [0.15, 0.2) is 0 Å². The van der Waals surface area contributed by atoms with E-state index in [0.717, 1.165) is 38.2 Å². The van der Waals surface area contributed by atoms with Crippen molar-refractivity contribution in [2.24, 2.45) is 5.92 Å². The van der Waals surface area contributed by atoms with Crippen LogP contribution in [0.1, 0.15) is 49.5 Å². The molecule has 1 aromatic carbocycles. The van der Waals surface area contributed by atoms with Gasteiger partial charge in [-0.1, -0.05) is 43.2 Å². The van der Waals surface area contributed by atoms with Gasteiger partial charge in [-0.3, -0.25) is 10.1 Å². The second kappa shape index (κ2) is 7.40. The Morgan fingerprint density at radius 2 is 2.00 bits per heavy atom.